The van der Waals surface area contributed by atoms with Crippen LogP contribution in [0.4, 0.5) is 4.79 Å². The molecule has 0 spiro atoms. The molecule has 2 aromatic carbocycles. The lowest BCUT2D eigenvalue weighted by atomic mass is 10.1. The molecule has 0 aliphatic carbocycles. The fraction of sp³-hybridized carbons (Fsp3) is 0.176. The SMILES string of the molecule is O=C1NC(Cc2ccccc2)C(=O)N1Cc1ccc(Cl)cc1Cl. The first-order valence-corrected chi connectivity index (χ1v) is 7.90. The highest BCUT2D eigenvalue weighted by atomic mass is 35.5. The molecule has 118 valence electrons. The minimum Gasteiger partial charge on any atom is -0.325 e. The van der Waals surface area contributed by atoms with E-state index in [0.29, 0.717) is 22.0 Å². The molecule has 3 rings (SSSR count). The average molecular weight is 349 g/mol. The van der Waals surface area contributed by atoms with Crippen molar-refractivity contribution in [3.8, 4) is 0 Å². The number of benzene rings is 2. The molecule has 0 saturated carbocycles. The molecule has 0 bridgehead atoms. The molecule has 1 atom stereocenters. The molecule has 1 N–H and O–H groups in total. The van der Waals surface area contributed by atoms with Gasteiger partial charge in [0.15, 0.2) is 0 Å². The number of nitrogens with zero attached hydrogens (tertiary/aromatic N) is 1. The molecule has 0 radical (unpaired) electrons. The van der Waals surface area contributed by atoms with Crippen molar-refractivity contribution in [1.82, 2.24) is 10.2 Å². The Kier molecular flexibility index (Phi) is 4.55. The van der Waals surface area contributed by atoms with Crippen LogP contribution >= 0.6 is 23.2 Å². The fourth-order valence-electron chi connectivity index (χ4n) is 2.54. The van der Waals surface area contributed by atoms with Gasteiger partial charge in [0.05, 0.1) is 6.54 Å². The van der Waals surface area contributed by atoms with E-state index in [1.807, 2.05) is 30.3 Å². The molecule has 0 aromatic heterocycles. The van der Waals surface area contributed by atoms with Gasteiger partial charge in [0.2, 0.25) is 0 Å². The van der Waals surface area contributed by atoms with Crippen molar-refractivity contribution in [1.29, 1.82) is 0 Å². The van der Waals surface area contributed by atoms with Gasteiger partial charge < -0.3 is 5.32 Å². The second-order valence-corrected chi connectivity index (χ2v) is 6.20. The van der Waals surface area contributed by atoms with Crippen LogP contribution in [-0.4, -0.2) is 22.9 Å². The number of carbonyl (C=O) groups is 2. The maximum Gasteiger partial charge on any atom is 0.325 e. The van der Waals surface area contributed by atoms with Crippen LogP contribution < -0.4 is 5.32 Å². The fourth-order valence-corrected chi connectivity index (χ4v) is 3.00. The summed E-state index contributed by atoms with van der Waals surface area (Å²) >= 11 is 12.0. The minimum absolute atomic E-state index is 0.131. The normalized spacial score (nSPS) is 17.5. The Bertz CT molecular complexity index is 750. The molecular formula is C17H14Cl2N2O2. The highest BCUT2D eigenvalue weighted by molar-refractivity contribution is 6.35. The number of hydrogen-bond acceptors (Lipinski definition) is 2. The summed E-state index contributed by atoms with van der Waals surface area (Å²) in [7, 11) is 0. The number of imide groups is 1. The van der Waals surface area contributed by atoms with Gasteiger partial charge in [-0.15, -0.1) is 0 Å². The third kappa shape index (κ3) is 3.49. The van der Waals surface area contributed by atoms with Gasteiger partial charge in [0.1, 0.15) is 6.04 Å². The predicted octanol–water partition coefficient (Wildman–Crippen LogP) is 3.66. The van der Waals surface area contributed by atoms with Crippen LogP contribution in [0, 0.1) is 0 Å². The van der Waals surface area contributed by atoms with Crippen LogP contribution in [0.25, 0.3) is 0 Å². The quantitative estimate of drug-likeness (QED) is 0.857. The summed E-state index contributed by atoms with van der Waals surface area (Å²) in [6.07, 6.45) is 0.469. The van der Waals surface area contributed by atoms with Crippen LogP contribution in [0.1, 0.15) is 11.1 Å². The topological polar surface area (TPSA) is 49.4 Å². The summed E-state index contributed by atoms with van der Waals surface area (Å²) in [6.45, 7) is 0.131. The van der Waals surface area contributed by atoms with E-state index in [9.17, 15) is 9.59 Å². The molecule has 1 unspecified atom stereocenters. The third-order valence-corrected chi connectivity index (χ3v) is 4.32. The van der Waals surface area contributed by atoms with E-state index in [-0.39, 0.29) is 12.5 Å². The molecule has 1 saturated heterocycles. The van der Waals surface area contributed by atoms with Crippen LogP contribution in [0.5, 0.6) is 0 Å². The maximum atomic E-state index is 12.5. The number of rotatable bonds is 4. The smallest absolute Gasteiger partial charge is 0.325 e. The Balaban J connectivity index is 1.74. The van der Waals surface area contributed by atoms with Crippen molar-refractivity contribution in [2.45, 2.75) is 19.0 Å². The molecular weight excluding hydrogens is 335 g/mol. The highest BCUT2D eigenvalue weighted by Gasteiger charge is 2.37. The predicted molar refractivity (Wildman–Crippen MR) is 89.5 cm³/mol. The molecule has 2 aromatic rings. The van der Waals surface area contributed by atoms with Crippen molar-refractivity contribution in [3.63, 3.8) is 0 Å². The lowest BCUT2D eigenvalue weighted by molar-refractivity contribution is -0.127. The second kappa shape index (κ2) is 6.60. The average Bonchev–Trinajstić information content (AvgIpc) is 2.78. The number of amides is 3. The number of carbonyl (C=O) groups excluding carboxylic acids is 2. The van der Waals surface area contributed by atoms with Crippen LogP contribution in [-0.2, 0) is 17.8 Å². The van der Waals surface area contributed by atoms with Gasteiger partial charge >= 0.3 is 6.03 Å². The van der Waals surface area contributed by atoms with E-state index >= 15 is 0 Å². The van der Waals surface area contributed by atoms with E-state index in [0.717, 1.165) is 5.56 Å². The maximum absolute atomic E-state index is 12.5. The monoisotopic (exact) mass is 348 g/mol. The summed E-state index contributed by atoms with van der Waals surface area (Å²) in [4.78, 5) is 25.8. The van der Waals surface area contributed by atoms with Crippen LogP contribution in [0.2, 0.25) is 10.0 Å². The first-order valence-electron chi connectivity index (χ1n) is 7.14. The van der Waals surface area contributed by atoms with E-state index in [1.165, 1.54) is 4.90 Å². The van der Waals surface area contributed by atoms with Crippen LogP contribution in [0.15, 0.2) is 48.5 Å². The first-order chi connectivity index (χ1) is 11.0. The Labute approximate surface area is 144 Å². The summed E-state index contributed by atoms with van der Waals surface area (Å²) in [5.41, 5.74) is 1.68. The summed E-state index contributed by atoms with van der Waals surface area (Å²) in [5, 5.41) is 3.67. The van der Waals surface area contributed by atoms with Crippen molar-refractivity contribution >= 4 is 35.1 Å². The van der Waals surface area contributed by atoms with Gasteiger partial charge in [-0.05, 0) is 23.3 Å². The Morgan fingerprint density at radius 2 is 1.78 bits per heavy atom. The second-order valence-electron chi connectivity index (χ2n) is 5.35. The standard InChI is InChI=1S/C17H14Cl2N2O2/c18-13-7-6-12(14(19)9-13)10-21-16(22)15(20-17(21)23)8-11-4-2-1-3-5-11/h1-7,9,15H,8,10H2,(H,20,23). The van der Waals surface area contributed by atoms with Crippen molar-refractivity contribution in [3.05, 3.63) is 69.7 Å². The molecule has 1 aliphatic heterocycles. The third-order valence-electron chi connectivity index (χ3n) is 3.73. The first kappa shape index (κ1) is 15.8. The zero-order valence-electron chi connectivity index (χ0n) is 12.1. The highest BCUT2D eigenvalue weighted by Crippen LogP contribution is 2.24. The van der Waals surface area contributed by atoms with E-state index in [2.05, 4.69) is 5.32 Å². The van der Waals surface area contributed by atoms with Gasteiger partial charge in [0.25, 0.3) is 5.91 Å². The summed E-state index contributed by atoms with van der Waals surface area (Å²) < 4.78 is 0. The van der Waals surface area contributed by atoms with Gasteiger partial charge in [0, 0.05) is 16.5 Å². The van der Waals surface area contributed by atoms with Crippen molar-refractivity contribution in [2.75, 3.05) is 0 Å². The molecule has 3 amide bonds. The summed E-state index contributed by atoms with van der Waals surface area (Å²) in [5.74, 6) is -0.245. The van der Waals surface area contributed by atoms with Crippen molar-refractivity contribution in [2.24, 2.45) is 0 Å². The zero-order valence-corrected chi connectivity index (χ0v) is 13.6. The molecule has 4 nitrogen and oxygen atoms in total. The summed E-state index contributed by atoms with van der Waals surface area (Å²) in [6, 6.07) is 13.6. The van der Waals surface area contributed by atoms with E-state index in [1.54, 1.807) is 18.2 Å². The van der Waals surface area contributed by atoms with Gasteiger partial charge in [-0.25, -0.2) is 4.79 Å². The molecule has 1 aliphatic rings. The number of urea groups is 1. The van der Waals surface area contributed by atoms with Crippen molar-refractivity contribution < 1.29 is 9.59 Å². The van der Waals surface area contributed by atoms with Gasteiger partial charge in [-0.3, -0.25) is 9.69 Å². The minimum atomic E-state index is -0.545. The van der Waals surface area contributed by atoms with E-state index in [4.69, 9.17) is 23.2 Å². The molecule has 1 fully saturated rings. The molecule has 6 heteroatoms. The number of nitrogens with one attached hydrogen (secondary N) is 1. The molecule has 1 heterocycles. The zero-order chi connectivity index (χ0) is 16.4. The largest absolute Gasteiger partial charge is 0.325 e. The Morgan fingerprint density at radius 3 is 2.48 bits per heavy atom. The number of halogens is 2. The van der Waals surface area contributed by atoms with Crippen LogP contribution in [0.3, 0.4) is 0 Å². The van der Waals surface area contributed by atoms with Gasteiger partial charge in [-0.2, -0.15) is 0 Å². The lowest BCUT2D eigenvalue weighted by Gasteiger charge is -2.14. The lowest BCUT2D eigenvalue weighted by Crippen LogP contribution is -2.32. The Hall–Kier alpha value is -2.04. The Morgan fingerprint density at radius 1 is 1.04 bits per heavy atom. The van der Waals surface area contributed by atoms with E-state index < -0.39 is 12.1 Å². The number of hydrogen-bond donors (Lipinski definition) is 1. The van der Waals surface area contributed by atoms with Gasteiger partial charge in [-0.1, -0.05) is 59.6 Å². The molecule has 23 heavy (non-hydrogen) atoms.